The normalized spacial score (nSPS) is 10.8. The molecule has 0 amide bonds. The first-order valence-electron chi connectivity index (χ1n) is 7.18. The molecular formula is C18H22FN. The highest BCUT2D eigenvalue weighted by Crippen LogP contribution is 2.27. The minimum absolute atomic E-state index is 0.156. The van der Waals surface area contributed by atoms with Crippen LogP contribution in [-0.2, 0) is 6.54 Å². The number of halogens is 1. The van der Waals surface area contributed by atoms with Crippen molar-refractivity contribution in [3.05, 3.63) is 58.9 Å². The Kier molecular flexibility index (Phi) is 4.91. The van der Waals surface area contributed by atoms with Gasteiger partial charge in [0.05, 0.1) is 0 Å². The maximum Gasteiger partial charge on any atom is 0.131 e. The highest BCUT2D eigenvalue weighted by atomic mass is 19.1. The quantitative estimate of drug-likeness (QED) is 0.783. The van der Waals surface area contributed by atoms with E-state index in [1.165, 1.54) is 5.56 Å². The molecule has 0 spiro atoms. The van der Waals surface area contributed by atoms with Crippen LogP contribution >= 0.6 is 0 Å². The van der Waals surface area contributed by atoms with Crippen molar-refractivity contribution >= 4 is 0 Å². The summed E-state index contributed by atoms with van der Waals surface area (Å²) in [4.78, 5) is 0. The van der Waals surface area contributed by atoms with Crippen LogP contribution < -0.4 is 5.32 Å². The zero-order valence-corrected chi connectivity index (χ0v) is 12.5. The van der Waals surface area contributed by atoms with E-state index in [0.717, 1.165) is 36.2 Å². The van der Waals surface area contributed by atoms with Gasteiger partial charge in [0.2, 0.25) is 0 Å². The molecule has 0 aliphatic carbocycles. The molecular weight excluding hydrogens is 249 g/mol. The number of hydrogen-bond acceptors (Lipinski definition) is 1. The van der Waals surface area contributed by atoms with E-state index in [1.54, 1.807) is 6.07 Å². The van der Waals surface area contributed by atoms with Crippen LogP contribution in [0.3, 0.4) is 0 Å². The summed E-state index contributed by atoms with van der Waals surface area (Å²) in [5, 5.41) is 3.35. The Balaban J connectivity index is 2.32. The molecule has 0 aliphatic heterocycles. The summed E-state index contributed by atoms with van der Waals surface area (Å²) in [6.07, 6.45) is 1.10. The Hall–Kier alpha value is -1.67. The molecule has 0 saturated heterocycles. The van der Waals surface area contributed by atoms with Crippen LogP contribution in [0.5, 0.6) is 0 Å². The van der Waals surface area contributed by atoms with Gasteiger partial charge in [-0.05, 0) is 55.6 Å². The fourth-order valence-electron chi connectivity index (χ4n) is 2.41. The van der Waals surface area contributed by atoms with E-state index >= 15 is 0 Å². The molecule has 2 aromatic rings. The average Bonchev–Trinajstić information content (AvgIpc) is 2.41. The lowest BCUT2D eigenvalue weighted by Gasteiger charge is -2.11. The maximum absolute atomic E-state index is 14.1. The summed E-state index contributed by atoms with van der Waals surface area (Å²) in [6.45, 7) is 7.99. The van der Waals surface area contributed by atoms with E-state index in [1.807, 2.05) is 31.2 Å². The van der Waals surface area contributed by atoms with Gasteiger partial charge in [-0.3, -0.25) is 0 Å². The first kappa shape index (κ1) is 14.7. The Bertz CT molecular complexity index is 590. The number of aryl methyl sites for hydroxylation is 2. The summed E-state index contributed by atoms with van der Waals surface area (Å²) in [7, 11) is 0. The van der Waals surface area contributed by atoms with Crippen LogP contribution in [0.2, 0.25) is 0 Å². The van der Waals surface area contributed by atoms with E-state index in [4.69, 9.17) is 0 Å². The largest absolute Gasteiger partial charge is 0.313 e. The number of benzene rings is 2. The summed E-state index contributed by atoms with van der Waals surface area (Å²) in [5.41, 5.74) is 5.11. The SMILES string of the molecule is CCCNCc1ccc(F)c(-c2ccc(C)cc2C)c1. The van der Waals surface area contributed by atoms with Crippen LogP contribution in [0.15, 0.2) is 36.4 Å². The number of rotatable bonds is 5. The highest BCUT2D eigenvalue weighted by Gasteiger charge is 2.09. The van der Waals surface area contributed by atoms with E-state index in [-0.39, 0.29) is 5.82 Å². The molecule has 0 heterocycles. The van der Waals surface area contributed by atoms with Crippen molar-refractivity contribution in [2.24, 2.45) is 0 Å². The van der Waals surface area contributed by atoms with Gasteiger partial charge in [0, 0.05) is 12.1 Å². The lowest BCUT2D eigenvalue weighted by atomic mass is 9.97. The Morgan fingerprint density at radius 3 is 2.50 bits per heavy atom. The second-order valence-electron chi connectivity index (χ2n) is 5.31. The van der Waals surface area contributed by atoms with Crippen molar-refractivity contribution in [1.82, 2.24) is 5.32 Å². The molecule has 2 heteroatoms. The van der Waals surface area contributed by atoms with Crippen LogP contribution in [0.4, 0.5) is 4.39 Å². The third kappa shape index (κ3) is 3.45. The van der Waals surface area contributed by atoms with Crippen LogP contribution in [0.1, 0.15) is 30.0 Å². The second-order valence-corrected chi connectivity index (χ2v) is 5.31. The average molecular weight is 271 g/mol. The highest BCUT2D eigenvalue weighted by molar-refractivity contribution is 5.68. The first-order chi connectivity index (χ1) is 9.61. The van der Waals surface area contributed by atoms with E-state index in [0.29, 0.717) is 5.56 Å². The van der Waals surface area contributed by atoms with Crippen molar-refractivity contribution < 1.29 is 4.39 Å². The van der Waals surface area contributed by atoms with Gasteiger partial charge in [-0.25, -0.2) is 4.39 Å². The molecule has 0 saturated carbocycles. The lowest BCUT2D eigenvalue weighted by Crippen LogP contribution is -2.13. The zero-order valence-electron chi connectivity index (χ0n) is 12.5. The van der Waals surface area contributed by atoms with Crippen molar-refractivity contribution in [2.75, 3.05) is 6.54 Å². The summed E-state index contributed by atoms with van der Waals surface area (Å²) >= 11 is 0. The topological polar surface area (TPSA) is 12.0 Å². The van der Waals surface area contributed by atoms with Crippen molar-refractivity contribution in [2.45, 2.75) is 33.7 Å². The zero-order chi connectivity index (χ0) is 14.5. The standard InChI is InChI=1S/C18H22FN/c1-4-9-20-12-15-6-8-18(19)17(11-15)16-7-5-13(2)10-14(16)3/h5-8,10-11,20H,4,9,12H2,1-3H3. The predicted molar refractivity (Wildman–Crippen MR) is 83.3 cm³/mol. The molecule has 0 fully saturated rings. The summed E-state index contributed by atoms with van der Waals surface area (Å²) in [6, 6.07) is 11.5. The minimum atomic E-state index is -0.156. The monoisotopic (exact) mass is 271 g/mol. The Morgan fingerprint density at radius 2 is 1.80 bits per heavy atom. The van der Waals surface area contributed by atoms with Gasteiger partial charge in [-0.1, -0.05) is 36.8 Å². The molecule has 0 bridgehead atoms. The third-order valence-corrected chi connectivity index (χ3v) is 3.46. The van der Waals surface area contributed by atoms with Gasteiger partial charge in [-0.15, -0.1) is 0 Å². The van der Waals surface area contributed by atoms with E-state index in [9.17, 15) is 4.39 Å². The van der Waals surface area contributed by atoms with Gasteiger partial charge in [0.15, 0.2) is 0 Å². The molecule has 1 N–H and O–H groups in total. The van der Waals surface area contributed by atoms with Crippen LogP contribution in [0, 0.1) is 19.7 Å². The van der Waals surface area contributed by atoms with Gasteiger partial charge >= 0.3 is 0 Å². The van der Waals surface area contributed by atoms with Crippen molar-refractivity contribution in [3.8, 4) is 11.1 Å². The lowest BCUT2D eigenvalue weighted by molar-refractivity contribution is 0.628. The van der Waals surface area contributed by atoms with Gasteiger partial charge < -0.3 is 5.32 Å². The number of hydrogen-bond donors (Lipinski definition) is 1. The molecule has 0 unspecified atom stereocenters. The molecule has 0 radical (unpaired) electrons. The molecule has 2 aromatic carbocycles. The minimum Gasteiger partial charge on any atom is -0.313 e. The molecule has 20 heavy (non-hydrogen) atoms. The molecule has 106 valence electrons. The van der Waals surface area contributed by atoms with Crippen molar-refractivity contribution in [1.29, 1.82) is 0 Å². The van der Waals surface area contributed by atoms with Crippen LogP contribution in [0.25, 0.3) is 11.1 Å². The third-order valence-electron chi connectivity index (χ3n) is 3.46. The molecule has 0 aromatic heterocycles. The molecule has 0 atom stereocenters. The van der Waals surface area contributed by atoms with Gasteiger partial charge in [0.25, 0.3) is 0 Å². The summed E-state index contributed by atoms with van der Waals surface area (Å²) < 4.78 is 14.1. The molecule has 0 aliphatic rings. The van der Waals surface area contributed by atoms with Gasteiger partial charge in [-0.2, -0.15) is 0 Å². The Labute approximate surface area is 120 Å². The van der Waals surface area contributed by atoms with Crippen molar-refractivity contribution in [3.63, 3.8) is 0 Å². The van der Waals surface area contributed by atoms with E-state index < -0.39 is 0 Å². The smallest absolute Gasteiger partial charge is 0.131 e. The summed E-state index contributed by atoms with van der Waals surface area (Å²) in [5.74, 6) is -0.156. The fraction of sp³-hybridized carbons (Fsp3) is 0.333. The van der Waals surface area contributed by atoms with Crippen LogP contribution in [-0.4, -0.2) is 6.54 Å². The predicted octanol–water partition coefficient (Wildman–Crippen LogP) is 4.61. The Morgan fingerprint density at radius 1 is 1.00 bits per heavy atom. The number of nitrogens with one attached hydrogen (secondary N) is 1. The maximum atomic E-state index is 14.1. The molecule has 2 rings (SSSR count). The molecule has 1 nitrogen and oxygen atoms in total. The fourth-order valence-corrected chi connectivity index (χ4v) is 2.41. The van der Waals surface area contributed by atoms with Gasteiger partial charge in [0.1, 0.15) is 5.82 Å². The first-order valence-corrected chi connectivity index (χ1v) is 7.18. The second kappa shape index (κ2) is 6.67. The van der Waals surface area contributed by atoms with E-state index in [2.05, 4.69) is 25.2 Å².